The first kappa shape index (κ1) is 15.2. The van der Waals surface area contributed by atoms with Gasteiger partial charge in [-0.25, -0.2) is 0 Å². The molecule has 3 nitrogen and oxygen atoms in total. The molecule has 0 saturated carbocycles. The number of halogens is 1. The van der Waals surface area contributed by atoms with Crippen LogP contribution in [0.4, 0.5) is 0 Å². The van der Waals surface area contributed by atoms with Gasteiger partial charge in [0.2, 0.25) is 0 Å². The Hall–Kier alpha value is -0.230. The van der Waals surface area contributed by atoms with Crippen molar-refractivity contribution in [2.75, 3.05) is 11.1 Å². The van der Waals surface area contributed by atoms with Gasteiger partial charge in [0, 0.05) is 10.2 Å². The first-order valence-corrected chi connectivity index (χ1v) is 8.72. The predicted octanol–water partition coefficient (Wildman–Crippen LogP) is 3.02. The van der Waals surface area contributed by atoms with Crippen molar-refractivity contribution in [3.8, 4) is 0 Å². The van der Waals surface area contributed by atoms with Crippen LogP contribution in [0.5, 0.6) is 0 Å². The van der Waals surface area contributed by atoms with Crippen molar-refractivity contribution < 1.29 is 13.7 Å². The minimum Gasteiger partial charge on any atom is -0.344 e. The van der Waals surface area contributed by atoms with Gasteiger partial charge >= 0.3 is 0 Å². The lowest BCUT2D eigenvalue weighted by Gasteiger charge is -2.16. The molecule has 0 N–H and O–H groups in total. The highest BCUT2D eigenvalue weighted by Crippen LogP contribution is 2.30. The zero-order valence-electron chi connectivity index (χ0n) is 11.4. The summed E-state index contributed by atoms with van der Waals surface area (Å²) in [5.74, 6) is -0.136. The van der Waals surface area contributed by atoms with Crippen LogP contribution in [0.25, 0.3) is 0 Å². The minimum absolute atomic E-state index is 0.0515. The number of aryl methyl sites for hydroxylation is 1. The maximum absolute atomic E-state index is 12.3. The second-order valence-electron chi connectivity index (χ2n) is 5.19. The first-order valence-electron chi connectivity index (χ1n) is 6.28. The van der Waals surface area contributed by atoms with Gasteiger partial charge in [0.25, 0.3) is 0 Å². The summed E-state index contributed by atoms with van der Waals surface area (Å²) in [4.78, 5) is 0.840. The number of ether oxygens (including phenoxy) is 2. The van der Waals surface area contributed by atoms with E-state index in [4.69, 9.17) is 9.47 Å². The zero-order valence-corrected chi connectivity index (χ0v) is 13.8. The highest BCUT2D eigenvalue weighted by molar-refractivity contribution is 9.09. The van der Waals surface area contributed by atoms with Crippen LogP contribution in [-0.2, 0) is 20.3 Å². The Morgan fingerprint density at radius 1 is 1.21 bits per heavy atom. The van der Waals surface area contributed by atoms with Gasteiger partial charge in [-0.15, -0.1) is 0 Å². The zero-order chi connectivity index (χ0) is 14.0. The van der Waals surface area contributed by atoms with E-state index in [0.29, 0.717) is 11.1 Å². The van der Waals surface area contributed by atoms with E-state index in [-0.39, 0.29) is 12.2 Å². The molecule has 1 aromatic carbocycles. The molecule has 106 valence electrons. The fraction of sp³-hybridized carbons (Fsp3) is 0.571. The smallest absolute Gasteiger partial charge is 0.163 e. The molecular formula is C14H19BrO3S. The lowest BCUT2D eigenvalue weighted by atomic mass is 10.2. The van der Waals surface area contributed by atoms with Crippen LogP contribution in [-0.4, -0.2) is 33.3 Å². The second-order valence-corrected chi connectivity index (χ2v) is 7.34. The quantitative estimate of drug-likeness (QED) is 0.786. The van der Waals surface area contributed by atoms with Gasteiger partial charge in [-0.3, -0.25) is 4.21 Å². The van der Waals surface area contributed by atoms with Crippen LogP contribution >= 0.6 is 15.9 Å². The van der Waals surface area contributed by atoms with Crippen molar-refractivity contribution in [1.82, 2.24) is 0 Å². The SMILES string of the molecule is Cc1ccc(S(=O)C[C@H]2OC(C)(C)O[C@@H]2CBr)cc1. The molecule has 1 aliphatic rings. The molecule has 0 radical (unpaired) electrons. The summed E-state index contributed by atoms with van der Waals surface area (Å²) in [6, 6.07) is 7.78. The fourth-order valence-electron chi connectivity index (χ4n) is 2.12. The third kappa shape index (κ3) is 3.88. The number of hydrogen-bond acceptors (Lipinski definition) is 3. The minimum atomic E-state index is -1.06. The van der Waals surface area contributed by atoms with Crippen molar-refractivity contribution in [2.45, 2.75) is 43.7 Å². The lowest BCUT2D eigenvalue weighted by molar-refractivity contribution is -0.142. The van der Waals surface area contributed by atoms with Crippen LogP contribution in [0, 0.1) is 6.92 Å². The summed E-state index contributed by atoms with van der Waals surface area (Å²) in [7, 11) is -1.06. The third-order valence-corrected chi connectivity index (χ3v) is 5.10. The van der Waals surface area contributed by atoms with Crippen LogP contribution in [0.2, 0.25) is 0 Å². The Kier molecular flexibility index (Phi) is 4.82. The summed E-state index contributed by atoms with van der Waals surface area (Å²) < 4.78 is 23.9. The van der Waals surface area contributed by atoms with Crippen LogP contribution in [0.3, 0.4) is 0 Å². The Morgan fingerprint density at radius 3 is 2.37 bits per heavy atom. The highest BCUT2D eigenvalue weighted by atomic mass is 79.9. The fourth-order valence-corrected chi connectivity index (χ4v) is 3.88. The van der Waals surface area contributed by atoms with E-state index in [1.165, 1.54) is 5.56 Å². The van der Waals surface area contributed by atoms with E-state index in [9.17, 15) is 4.21 Å². The molecule has 0 bridgehead atoms. The van der Waals surface area contributed by atoms with Gasteiger partial charge in [-0.1, -0.05) is 33.6 Å². The summed E-state index contributed by atoms with van der Waals surface area (Å²) in [5, 5.41) is 0.687. The molecule has 5 heteroatoms. The number of benzene rings is 1. The van der Waals surface area contributed by atoms with Crippen molar-refractivity contribution in [2.24, 2.45) is 0 Å². The van der Waals surface area contributed by atoms with E-state index >= 15 is 0 Å². The largest absolute Gasteiger partial charge is 0.344 e. The Labute approximate surface area is 125 Å². The molecule has 0 spiro atoms. The molecule has 0 aliphatic carbocycles. The number of rotatable bonds is 4. The average Bonchev–Trinajstić information content (AvgIpc) is 2.64. The summed E-state index contributed by atoms with van der Waals surface area (Å²) in [6.07, 6.45) is -0.194. The molecular weight excluding hydrogens is 328 g/mol. The first-order chi connectivity index (χ1) is 8.91. The summed E-state index contributed by atoms with van der Waals surface area (Å²) in [5.41, 5.74) is 1.17. The molecule has 1 aromatic rings. The highest BCUT2D eigenvalue weighted by Gasteiger charge is 2.41. The maximum Gasteiger partial charge on any atom is 0.163 e. The van der Waals surface area contributed by atoms with E-state index in [1.54, 1.807) is 0 Å². The average molecular weight is 347 g/mol. The standard InChI is InChI=1S/C14H19BrO3S/c1-10-4-6-11(7-5-10)19(16)9-13-12(8-15)17-14(2,3)18-13/h4-7,12-13H,8-9H2,1-3H3/t12-,13-,19?/m1/s1. The molecule has 1 fully saturated rings. The second kappa shape index (κ2) is 6.04. The van der Waals surface area contributed by atoms with Crippen molar-refractivity contribution in [3.63, 3.8) is 0 Å². The molecule has 0 amide bonds. The van der Waals surface area contributed by atoms with Crippen LogP contribution in [0.15, 0.2) is 29.2 Å². The van der Waals surface area contributed by atoms with Crippen LogP contribution in [0.1, 0.15) is 19.4 Å². The van der Waals surface area contributed by atoms with E-state index in [1.807, 2.05) is 45.0 Å². The maximum atomic E-state index is 12.3. The van der Waals surface area contributed by atoms with Crippen LogP contribution < -0.4 is 0 Å². The molecule has 19 heavy (non-hydrogen) atoms. The van der Waals surface area contributed by atoms with E-state index < -0.39 is 16.6 Å². The summed E-state index contributed by atoms with van der Waals surface area (Å²) >= 11 is 3.42. The molecule has 1 aliphatic heterocycles. The van der Waals surface area contributed by atoms with Gasteiger partial charge in [0.15, 0.2) is 5.79 Å². The topological polar surface area (TPSA) is 35.5 Å². The van der Waals surface area contributed by atoms with Gasteiger partial charge in [0.1, 0.15) is 0 Å². The Morgan fingerprint density at radius 2 is 1.79 bits per heavy atom. The van der Waals surface area contributed by atoms with Gasteiger partial charge < -0.3 is 9.47 Å². The third-order valence-electron chi connectivity index (χ3n) is 3.04. The molecule has 2 rings (SSSR count). The molecule has 1 saturated heterocycles. The van der Waals surface area contributed by atoms with Gasteiger partial charge in [-0.05, 0) is 32.9 Å². The normalized spacial score (nSPS) is 27.4. The van der Waals surface area contributed by atoms with Crippen molar-refractivity contribution in [3.05, 3.63) is 29.8 Å². The van der Waals surface area contributed by atoms with Crippen molar-refractivity contribution in [1.29, 1.82) is 0 Å². The van der Waals surface area contributed by atoms with E-state index in [0.717, 1.165) is 4.90 Å². The van der Waals surface area contributed by atoms with E-state index in [2.05, 4.69) is 15.9 Å². The number of alkyl halides is 1. The molecule has 0 aromatic heterocycles. The Bertz CT molecular complexity index is 458. The van der Waals surface area contributed by atoms with Gasteiger partial charge in [0.05, 0.1) is 28.8 Å². The van der Waals surface area contributed by atoms with Gasteiger partial charge in [-0.2, -0.15) is 0 Å². The molecule has 1 heterocycles. The van der Waals surface area contributed by atoms with Crippen molar-refractivity contribution >= 4 is 26.7 Å². The predicted molar refractivity (Wildman–Crippen MR) is 80.1 cm³/mol. The number of hydrogen-bond donors (Lipinski definition) is 0. The molecule has 1 unspecified atom stereocenters. The molecule has 3 atom stereocenters. The Balaban J connectivity index is 2.04. The monoisotopic (exact) mass is 346 g/mol. The summed E-state index contributed by atoms with van der Waals surface area (Å²) in [6.45, 7) is 5.79. The lowest BCUT2D eigenvalue weighted by Crippen LogP contribution is -2.29.